The monoisotopic (exact) mass is 159 g/mol. The van der Waals surface area contributed by atoms with Crippen molar-refractivity contribution in [2.24, 2.45) is 0 Å². The van der Waals surface area contributed by atoms with Crippen LogP contribution in [0.4, 0.5) is 0 Å². The van der Waals surface area contributed by atoms with Crippen molar-refractivity contribution < 1.29 is 4.79 Å². The average molecular weight is 159 g/mol. The first-order chi connectivity index (χ1) is 5.76. The molecular formula is C11H11O. The van der Waals surface area contributed by atoms with Crippen LogP contribution in [-0.2, 0) is 10.2 Å². The molecule has 1 nitrogen and oxygen atoms in total. The molecule has 1 saturated carbocycles. The lowest BCUT2D eigenvalue weighted by Crippen LogP contribution is -2.16. The Bertz CT molecular complexity index is 296. The summed E-state index contributed by atoms with van der Waals surface area (Å²) in [5.74, 6) is 0.0636. The molecule has 12 heavy (non-hydrogen) atoms. The number of rotatable bonds is 2. The van der Waals surface area contributed by atoms with Crippen molar-refractivity contribution in [3.63, 3.8) is 0 Å². The van der Waals surface area contributed by atoms with E-state index in [1.807, 2.05) is 30.3 Å². The van der Waals surface area contributed by atoms with Gasteiger partial charge in [-0.15, -0.1) is 0 Å². The number of carbonyl (C=O) groups is 1. The Morgan fingerprint density at radius 2 is 1.83 bits per heavy atom. The van der Waals surface area contributed by atoms with E-state index in [-0.39, 0.29) is 11.2 Å². The van der Waals surface area contributed by atoms with Crippen molar-refractivity contribution in [2.45, 2.75) is 18.3 Å². The lowest BCUT2D eigenvalue weighted by molar-refractivity contribution is -0.117. The van der Waals surface area contributed by atoms with E-state index in [0.717, 1.165) is 18.4 Å². The molecular weight excluding hydrogens is 148 g/mol. The summed E-state index contributed by atoms with van der Waals surface area (Å²) in [5.41, 5.74) is 0.923. The highest BCUT2D eigenvalue weighted by Crippen LogP contribution is 2.48. The summed E-state index contributed by atoms with van der Waals surface area (Å²) < 4.78 is 0. The molecule has 1 fully saturated rings. The van der Waals surface area contributed by atoms with Crippen LogP contribution in [-0.4, -0.2) is 5.78 Å². The normalized spacial score (nSPS) is 18.8. The molecule has 0 heterocycles. The van der Waals surface area contributed by atoms with E-state index >= 15 is 0 Å². The van der Waals surface area contributed by atoms with Crippen LogP contribution < -0.4 is 0 Å². The zero-order valence-corrected chi connectivity index (χ0v) is 6.92. The van der Waals surface area contributed by atoms with E-state index in [1.54, 1.807) is 0 Å². The van der Waals surface area contributed by atoms with Gasteiger partial charge in [0.25, 0.3) is 0 Å². The average Bonchev–Trinajstić information content (AvgIpc) is 2.86. The first-order valence-electron chi connectivity index (χ1n) is 4.18. The molecule has 1 aromatic carbocycles. The van der Waals surface area contributed by atoms with Gasteiger partial charge in [0.15, 0.2) is 0 Å². The highest BCUT2D eigenvalue weighted by molar-refractivity contribution is 5.96. The molecule has 0 unspecified atom stereocenters. The van der Waals surface area contributed by atoms with E-state index in [0.29, 0.717) is 0 Å². The predicted octanol–water partition coefficient (Wildman–Crippen LogP) is 2.12. The highest BCUT2D eigenvalue weighted by atomic mass is 16.1. The van der Waals surface area contributed by atoms with Crippen molar-refractivity contribution in [3.8, 4) is 0 Å². The van der Waals surface area contributed by atoms with Gasteiger partial charge in [0.2, 0.25) is 0 Å². The third-order valence-electron chi connectivity index (χ3n) is 2.61. The second-order valence-electron chi connectivity index (χ2n) is 3.37. The largest absolute Gasteiger partial charge is 0.299 e. The number of benzene rings is 1. The molecule has 2 rings (SSSR count). The van der Waals surface area contributed by atoms with Crippen LogP contribution in [0.1, 0.15) is 18.4 Å². The second-order valence-corrected chi connectivity index (χ2v) is 3.37. The Hall–Kier alpha value is -1.11. The number of ketones is 1. The topological polar surface area (TPSA) is 17.1 Å². The smallest absolute Gasteiger partial charge is 0.143 e. The summed E-state index contributed by atoms with van der Waals surface area (Å²) in [5, 5.41) is 0. The fourth-order valence-corrected chi connectivity index (χ4v) is 1.61. The van der Waals surface area contributed by atoms with Gasteiger partial charge >= 0.3 is 0 Å². The summed E-state index contributed by atoms with van der Waals surface area (Å²) in [6, 6.07) is 9.93. The van der Waals surface area contributed by atoms with Gasteiger partial charge in [-0.05, 0) is 18.4 Å². The Morgan fingerprint density at radius 1 is 1.25 bits per heavy atom. The molecule has 0 amide bonds. The van der Waals surface area contributed by atoms with Gasteiger partial charge in [0.1, 0.15) is 5.78 Å². The Morgan fingerprint density at radius 3 is 2.25 bits per heavy atom. The van der Waals surface area contributed by atoms with Crippen molar-refractivity contribution in [2.75, 3.05) is 0 Å². The fraction of sp³-hybridized carbons (Fsp3) is 0.273. The van der Waals surface area contributed by atoms with Crippen molar-refractivity contribution in [1.82, 2.24) is 0 Å². The maximum Gasteiger partial charge on any atom is 0.143 e. The molecule has 0 bridgehead atoms. The van der Waals surface area contributed by atoms with Gasteiger partial charge in [-0.2, -0.15) is 0 Å². The van der Waals surface area contributed by atoms with Gasteiger partial charge in [0.05, 0.1) is 5.41 Å². The van der Waals surface area contributed by atoms with Gasteiger partial charge in [0, 0.05) is 6.92 Å². The zero-order chi connectivity index (χ0) is 8.60. The molecule has 0 saturated heterocycles. The Kier molecular flexibility index (Phi) is 1.53. The van der Waals surface area contributed by atoms with Gasteiger partial charge < -0.3 is 0 Å². The van der Waals surface area contributed by atoms with Crippen LogP contribution in [0.25, 0.3) is 0 Å². The maximum atomic E-state index is 11.2. The van der Waals surface area contributed by atoms with E-state index in [1.165, 1.54) is 0 Å². The third kappa shape index (κ3) is 0.970. The van der Waals surface area contributed by atoms with E-state index in [9.17, 15) is 4.79 Å². The minimum atomic E-state index is -0.207. The van der Waals surface area contributed by atoms with Crippen molar-refractivity contribution >= 4 is 5.78 Å². The minimum absolute atomic E-state index is 0.0636. The first kappa shape index (κ1) is 7.53. The van der Waals surface area contributed by atoms with Crippen LogP contribution in [0.15, 0.2) is 30.3 Å². The predicted molar refractivity (Wildman–Crippen MR) is 47.7 cm³/mol. The Labute approximate surface area is 72.4 Å². The minimum Gasteiger partial charge on any atom is -0.299 e. The Balaban J connectivity index is 2.37. The number of Topliss-reactive ketones (excluding diaryl/α,β-unsaturated/α-hetero) is 1. The quantitative estimate of drug-likeness (QED) is 0.646. The molecule has 0 atom stereocenters. The van der Waals surface area contributed by atoms with Gasteiger partial charge in [-0.3, -0.25) is 4.79 Å². The standard InChI is InChI=1S/C11H11O/c1-9(12)11(7-8-11)10-5-3-2-4-6-10/h2-6H,1,7-8H2. The van der Waals surface area contributed by atoms with E-state index in [2.05, 4.69) is 6.92 Å². The fourth-order valence-electron chi connectivity index (χ4n) is 1.61. The summed E-state index contributed by atoms with van der Waals surface area (Å²) >= 11 is 0. The molecule has 61 valence electrons. The van der Waals surface area contributed by atoms with Gasteiger partial charge in [-0.1, -0.05) is 30.3 Å². The summed E-state index contributed by atoms with van der Waals surface area (Å²) in [4.78, 5) is 11.2. The third-order valence-corrected chi connectivity index (χ3v) is 2.61. The first-order valence-corrected chi connectivity index (χ1v) is 4.18. The molecule has 0 aromatic heterocycles. The number of carbonyl (C=O) groups excluding carboxylic acids is 1. The molecule has 1 aliphatic carbocycles. The van der Waals surface area contributed by atoms with Crippen molar-refractivity contribution in [1.29, 1.82) is 0 Å². The van der Waals surface area contributed by atoms with Crippen LogP contribution >= 0.6 is 0 Å². The van der Waals surface area contributed by atoms with Crippen LogP contribution in [0.5, 0.6) is 0 Å². The molecule has 1 aromatic rings. The molecule has 0 aliphatic heterocycles. The van der Waals surface area contributed by atoms with Gasteiger partial charge in [-0.25, -0.2) is 0 Å². The summed E-state index contributed by atoms with van der Waals surface area (Å²) in [6.45, 7) is 3.51. The number of hydrogen-bond donors (Lipinski definition) is 0. The summed E-state index contributed by atoms with van der Waals surface area (Å²) in [6.07, 6.45) is 1.94. The SMILES string of the molecule is [CH2]C(=O)C1(c2ccccc2)CC1. The lowest BCUT2D eigenvalue weighted by Gasteiger charge is -2.10. The number of hydrogen-bond acceptors (Lipinski definition) is 1. The highest BCUT2D eigenvalue weighted by Gasteiger charge is 2.48. The van der Waals surface area contributed by atoms with E-state index < -0.39 is 0 Å². The zero-order valence-electron chi connectivity index (χ0n) is 6.92. The van der Waals surface area contributed by atoms with Crippen molar-refractivity contribution in [3.05, 3.63) is 42.8 Å². The lowest BCUT2D eigenvalue weighted by atomic mass is 9.92. The van der Waals surface area contributed by atoms with Crippen LogP contribution in [0, 0.1) is 6.92 Å². The maximum absolute atomic E-state index is 11.2. The molecule has 1 aliphatic rings. The molecule has 1 heteroatoms. The second kappa shape index (κ2) is 2.44. The molecule has 1 radical (unpaired) electrons. The molecule has 0 spiro atoms. The molecule has 0 N–H and O–H groups in total. The van der Waals surface area contributed by atoms with Crippen LogP contribution in [0.2, 0.25) is 0 Å². The van der Waals surface area contributed by atoms with E-state index in [4.69, 9.17) is 0 Å². The summed E-state index contributed by atoms with van der Waals surface area (Å²) in [7, 11) is 0. The van der Waals surface area contributed by atoms with Crippen LogP contribution in [0.3, 0.4) is 0 Å².